The van der Waals surface area contributed by atoms with Crippen LogP contribution in [0.3, 0.4) is 0 Å². The first-order valence-corrected chi connectivity index (χ1v) is 8.10. The molecule has 0 fully saturated rings. The zero-order chi connectivity index (χ0) is 14.8. The van der Waals surface area contributed by atoms with Crippen LogP contribution in [0.4, 0.5) is 0 Å². The Hall–Kier alpha value is 1.08. The third-order valence-corrected chi connectivity index (χ3v) is 2.62. The first-order valence-electron chi connectivity index (χ1n) is 7.24. The van der Waals surface area contributed by atoms with Gasteiger partial charge in [-0.05, 0) is 51.9 Å². The minimum Gasteiger partial charge on any atom is -0.693 e. The molecule has 0 spiro atoms. The van der Waals surface area contributed by atoms with Gasteiger partial charge in [0, 0.05) is 0 Å². The van der Waals surface area contributed by atoms with Gasteiger partial charge < -0.3 is 28.7 Å². The summed E-state index contributed by atoms with van der Waals surface area (Å²) in [6.45, 7) is 4.02. The molecule has 0 saturated carbocycles. The Labute approximate surface area is 164 Å². The second-order valence-corrected chi connectivity index (χ2v) is 5.72. The molecule has 0 rings (SSSR count). The maximum absolute atomic E-state index is 5.42. The van der Waals surface area contributed by atoms with Gasteiger partial charge in [0.2, 0.25) is 0 Å². The average molecular weight is 348 g/mol. The summed E-state index contributed by atoms with van der Waals surface area (Å²) in [5.74, 6) is 0. The van der Waals surface area contributed by atoms with Crippen LogP contribution in [0.25, 0.3) is 6.15 Å². The molecule has 0 radical (unpaired) electrons. The molecule has 0 aromatic heterocycles. The Morgan fingerprint density at radius 3 is 1.38 bits per heavy atom. The summed E-state index contributed by atoms with van der Waals surface area (Å²) in [6.07, 6.45) is 10.2. The van der Waals surface area contributed by atoms with Crippen molar-refractivity contribution in [3.8, 4) is 0 Å². The number of thiocarbonyl (C=S) groups is 1. The molecule has 0 aromatic carbocycles. The summed E-state index contributed by atoms with van der Waals surface area (Å²) in [4.78, 5) is 0. The van der Waals surface area contributed by atoms with E-state index in [1.807, 2.05) is 0 Å². The summed E-state index contributed by atoms with van der Waals surface area (Å²) in [5.41, 5.74) is 15.6. The third kappa shape index (κ3) is 44.9. The van der Waals surface area contributed by atoms with E-state index in [1.54, 1.807) is 0 Å². The predicted molar refractivity (Wildman–Crippen MR) is 99.0 cm³/mol. The zero-order valence-corrected chi connectivity index (χ0v) is 17.4. The molecule has 0 bridgehead atoms. The van der Waals surface area contributed by atoms with Crippen LogP contribution in [0.2, 0.25) is 0 Å². The molecule has 0 heterocycles. The minimum absolute atomic E-state index is 0. The van der Waals surface area contributed by atoms with Crippen molar-refractivity contribution in [1.82, 2.24) is 5.32 Å². The zero-order valence-electron chi connectivity index (χ0n) is 13.7. The smallest absolute Gasteiger partial charge is 0.693 e. The van der Waals surface area contributed by atoms with E-state index in [-0.39, 0.29) is 40.0 Å². The van der Waals surface area contributed by atoms with Gasteiger partial charge >= 0.3 is 29.6 Å². The predicted octanol–water partition coefficient (Wildman–Crippen LogP) is -0.505. The van der Waals surface area contributed by atoms with Crippen LogP contribution in [-0.2, 0) is 0 Å². The van der Waals surface area contributed by atoms with Crippen molar-refractivity contribution in [1.29, 1.82) is 0 Å². The van der Waals surface area contributed by atoms with Crippen LogP contribution in [0.15, 0.2) is 0 Å². The Kier molecular flexibility index (Phi) is 41.6. The summed E-state index contributed by atoms with van der Waals surface area (Å²) >= 11 is 7.65. The fourth-order valence-electron chi connectivity index (χ4n) is 1.62. The van der Waals surface area contributed by atoms with Crippen LogP contribution < -0.4 is 52.1 Å². The van der Waals surface area contributed by atoms with E-state index < -0.39 is 0 Å². The number of nitrogens with two attached hydrogens (primary N) is 4. The molecule has 0 atom stereocenters. The molecule has 0 unspecified atom stereocenters. The molecule has 0 aliphatic carbocycles. The van der Waals surface area contributed by atoms with Crippen molar-refractivity contribution in [3.63, 3.8) is 0 Å². The molecular formula is C13H34N5NaS2. The van der Waals surface area contributed by atoms with E-state index in [4.69, 9.17) is 17.2 Å². The molecule has 21 heavy (non-hydrogen) atoms. The van der Waals surface area contributed by atoms with E-state index in [0.717, 1.165) is 13.1 Å². The standard InChI is InChI=1S/C12H29N3.CH3NS2.H2N.Na/c13-9-5-1-3-7-11-15-12-8-4-2-6-10-14;2-1(3)4;;/h15H,1-14H2;(H3,2,3,4);1H2;/q;;-1;+1. The molecule has 0 saturated heterocycles. The van der Waals surface area contributed by atoms with Crippen LogP contribution >= 0.6 is 24.8 Å². The molecule has 0 aromatic rings. The van der Waals surface area contributed by atoms with Gasteiger partial charge in [0.05, 0.1) is 0 Å². The van der Waals surface area contributed by atoms with Crippen LogP contribution in [0.5, 0.6) is 0 Å². The van der Waals surface area contributed by atoms with Gasteiger partial charge in [0.15, 0.2) is 0 Å². The van der Waals surface area contributed by atoms with E-state index in [9.17, 15) is 0 Å². The molecular weight excluding hydrogens is 313 g/mol. The van der Waals surface area contributed by atoms with Crippen molar-refractivity contribution in [3.05, 3.63) is 6.15 Å². The minimum atomic E-state index is 0. The maximum atomic E-state index is 5.42. The van der Waals surface area contributed by atoms with Crippen LogP contribution in [-0.4, -0.2) is 30.5 Å². The van der Waals surface area contributed by atoms with E-state index in [2.05, 4.69) is 30.2 Å². The summed E-state index contributed by atoms with van der Waals surface area (Å²) in [7, 11) is 0. The quantitative estimate of drug-likeness (QED) is 0.141. The molecule has 8 heteroatoms. The first-order chi connectivity index (χ1) is 9.15. The third-order valence-electron chi connectivity index (χ3n) is 2.62. The molecule has 0 aliphatic rings. The number of hydrogen-bond donors (Lipinski definition) is 5. The molecule has 0 aliphatic heterocycles. The fraction of sp³-hybridized carbons (Fsp3) is 0.923. The van der Waals surface area contributed by atoms with Crippen LogP contribution in [0.1, 0.15) is 51.4 Å². The number of hydrogen-bond acceptors (Lipinski definition) is 4. The fourth-order valence-corrected chi connectivity index (χ4v) is 1.62. The Bertz CT molecular complexity index is 172. The van der Waals surface area contributed by atoms with Crippen molar-refractivity contribution in [2.75, 3.05) is 26.2 Å². The monoisotopic (exact) mass is 347 g/mol. The van der Waals surface area contributed by atoms with Crippen molar-refractivity contribution >= 4 is 29.2 Å². The number of rotatable bonds is 12. The van der Waals surface area contributed by atoms with Gasteiger partial charge in [-0.25, -0.2) is 0 Å². The van der Waals surface area contributed by atoms with Gasteiger partial charge in [0.25, 0.3) is 0 Å². The number of unbranched alkanes of at least 4 members (excludes halogenated alkanes) is 6. The normalized spacial score (nSPS) is 8.90. The molecule has 5 nitrogen and oxygen atoms in total. The SMILES string of the molecule is NC(=S)S.NCCCCCCNCCCCCCN.[NH2-].[Na+]. The number of thiol groups is 1. The summed E-state index contributed by atoms with van der Waals surface area (Å²) < 4.78 is 0.194. The molecule has 124 valence electrons. The van der Waals surface area contributed by atoms with Gasteiger partial charge in [-0.15, -0.1) is 12.6 Å². The molecule has 0 amide bonds. The second kappa shape index (κ2) is 29.1. The average Bonchev–Trinajstić information content (AvgIpc) is 2.35. The van der Waals surface area contributed by atoms with E-state index in [1.165, 1.54) is 64.5 Å². The van der Waals surface area contributed by atoms with Crippen molar-refractivity contribution < 1.29 is 29.6 Å². The van der Waals surface area contributed by atoms with Crippen molar-refractivity contribution in [2.24, 2.45) is 17.2 Å². The Morgan fingerprint density at radius 2 is 1.10 bits per heavy atom. The van der Waals surface area contributed by atoms with Gasteiger partial charge in [0.1, 0.15) is 4.32 Å². The second-order valence-electron chi connectivity index (χ2n) is 4.49. The first kappa shape index (κ1) is 30.0. The van der Waals surface area contributed by atoms with Gasteiger partial charge in [-0.2, -0.15) is 0 Å². The van der Waals surface area contributed by atoms with E-state index in [0.29, 0.717) is 0 Å². The van der Waals surface area contributed by atoms with E-state index >= 15 is 0 Å². The van der Waals surface area contributed by atoms with Gasteiger partial charge in [-0.3, -0.25) is 0 Å². The van der Waals surface area contributed by atoms with Gasteiger partial charge in [-0.1, -0.05) is 37.9 Å². The Balaban J connectivity index is -0.000000213. The summed E-state index contributed by atoms with van der Waals surface area (Å²) in [6, 6.07) is 0. The largest absolute Gasteiger partial charge is 1.00 e. The Morgan fingerprint density at radius 1 is 0.810 bits per heavy atom. The topological polar surface area (TPSA) is 124 Å². The van der Waals surface area contributed by atoms with Crippen molar-refractivity contribution in [2.45, 2.75) is 51.4 Å². The van der Waals surface area contributed by atoms with Crippen LogP contribution in [0, 0.1) is 0 Å². The maximum Gasteiger partial charge on any atom is 1.00 e. The summed E-state index contributed by atoms with van der Waals surface area (Å²) in [5, 5.41) is 3.48. The number of nitrogens with one attached hydrogen (secondary N) is 1. The molecule has 9 N–H and O–H groups in total.